The summed E-state index contributed by atoms with van der Waals surface area (Å²) in [5.74, 6) is 0.622. The number of nitrogens with zero attached hydrogens (tertiary/aromatic N) is 4. The average molecular weight is 573 g/mol. The van der Waals surface area contributed by atoms with Crippen LogP contribution >= 0.6 is 0 Å². The second-order valence-electron chi connectivity index (χ2n) is 11.5. The van der Waals surface area contributed by atoms with Gasteiger partial charge in [-0.15, -0.1) is 0 Å². The number of anilines is 3. The van der Waals surface area contributed by atoms with Gasteiger partial charge in [-0.3, -0.25) is 4.57 Å². The molecule has 0 bridgehead atoms. The van der Waals surface area contributed by atoms with Crippen molar-refractivity contribution in [3.8, 4) is 5.82 Å². The lowest BCUT2D eigenvalue weighted by Crippen LogP contribution is -2.41. The van der Waals surface area contributed by atoms with Gasteiger partial charge in [0, 0.05) is 30.5 Å². The number of piperidine rings is 1. The minimum atomic E-state index is -0.957. The minimum absolute atomic E-state index is 0.324. The highest BCUT2D eigenvalue weighted by Crippen LogP contribution is 2.39. The molecule has 1 fully saturated rings. The number of aliphatic hydroxyl groups is 1. The third-order valence-corrected chi connectivity index (χ3v) is 8.75. The first-order valence-corrected chi connectivity index (χ1v) is 15.3. The Morgan fingerprint density at radius 1 is 1.02 bits per heavy atom. The molecule has 0 amide bonds. The van der Waals surface area contributed by atoms with E-state index in [0.29, 0.717) is 65.2 Å². The molecule has 10 heteroatoms. The molecule has 1 aromatic carbocycles. The summed E-state index contributed by atoms with van der Waals surface area (Å²) in [6.07, 6.45) is 4.83. The molecule has 2 aliphatic rings. The lowest BCUT2D eigenvalue weighted by molar-refractivity contribution is 0.0306. The van der Waals surface area contributed by atoms with Crippen LogP contribution in [0, 0.1) is 12.7 Å². The monoisotopic (exact) mass is 572 g/mol. The van der Waals surface area contributed by atoms with E-state index >= 15 is 4.39 Å². The summed E-state index contributed by atoms with van der Waals surface area (Å²) in [5.41, 5.74) is 4.16. The summed E-state index contributed by atoms with van der Waals surface area (Å²) >= 11 is 0. The summed E-state index contributed by atoms with van der Waals surface area (Å²) in [7, 11) is 0. The van der Waals surface area contributed by atoms with Crippen molar-refractivity contribution in [3.63, 3.8) is 0 Å². The fraction of sp³-hybridized carbons (Fsp3) is 0.469. The van der Waals surface area contributed by atoms with Crippen molar-refractivity contribution in [1.82, 2.24) is 30.2 Å². The molecule has 3 aromatic heterocycles. The van der Waals surface area contributed by atoms with E-state index in [9.17, 15) is 5.11 Å². The Morgan fingerprint density at radius 3 is 2.52 bits per heavy atom. The Bertz CT molecular complexity index is 1560. The van der Waals surface area contributed by atoms with Gasteiger partial charge in [0.05, 0.1) is 22.5 Å². The molecular weight excluding hydrogens is 531 g/mol. The van der Waals surface area contributed by atoms with Gasteiger partial charge in [0.2, 0.25) is 5.95 Å². The molecule has 1 saturated heterocycles. The highest BCUT2D eigenvalue weighted by molar-refractivity contribution is 5.84. The maximum atomic E-state index is 15.8. The van der Waals surface area contributed by atoms with Gasteiger partial charge in [-0.2, -0.15) is 4.98 Å². The van der Waals surface area contributed by atoms with Crippen LogP contribution in [0.1, 0.15) is 62.2 Å². The zero-order valence-corrected chi connectivity index (χ0v) is 24.7. The number of pyridine rings is 1. The first-order chi connectivity index (χ1) is 20.4. The quantitative estimate of drug-likeness (QED) is 0.171. The first-order valence-electron chi connectivity index (χ1n) is 15.3. The lowest BCUT2D eigenvalue weighted by atomic mass is 9.98. The molecule has 0 unspecified atom stereocenters. The van der Waals surface area contributed by atoms with Crippen LogP contribution in [-0.4, -0.2) is 56.8 Å². The van der Waals surface area contributed by atoms with Crippen molar-refractivity contribution in [2.45, 2.75) is 70.9 Å². The van der Waals surface area contributed by atoms with E-state index in [1.165, 1.54) is 12.8 Å². The molecule has 1 atom stereocenters. The van der Waals surface area contributed by atoms with E-state index in [0.717, 1.165) is 49.5 Å². The highest BCUT2D eigenvalue weighted by atomic mass is 19.1. The van der Waals surface area contributed by atoms with Crippen LogP contribution in [-0.2, 0) is 18.4 Å². The number of rotatable bonds is 10. The molecule has 0 saturated carbocycles. The molecule has 9 nitrogen and oxygen atoms in total. The Labute approximate surface area is 246 Å². The first kappa shape index (κ1) is 28.5. The average Bonchev–Trinajstić information content (AvgIpc) is 3.50. The molecule has 1 aliphatic carbocycles. The molecule has 4 heterocycles. The number of halogens is 1. The number of aromatic nitrogens is 4. The fourth-order valence-electron chi connectivity index (χ4n) is 6.28. The minimum Gasteiger partial charge on any atom is -0.384 e. The predicted octanol–water partition coefficient (Wildman–Crippen LogP) is 4.87. The van der Waals surface area contributed by atoms with Crippen molar-refractivity contribution in [2.24, 2.45) is 0 Å². The summed E-state index contributed by atoms with van der Waals surface area (Å²) in [4.78, 5) is 14.3. The molecule has 5 N–H and O–H groups in total. The van der Waals surface area contributed by atoms with Gasteiger partial charge in [0.1, 0.15) is 11.4 Å². The molecule has 1 aliphatic heterocycles. The second-order valence-corrected chi connectivity index (χ2v) is 11.5. The summed E-state index contributed by atoms with van der Waals surface area (Å²) in [5, 5.41) is 25.3. The van der Waals surface area contributed by atoms with Crippen LogP contribution in [0.2, 0.25) is 0 Å². The van der Waals surface area contributed by atoms with Gasteiger partial charge in [0.15, 0.2) is 11.5 Å². The highest BCUT2D eigenvalue weighted by Gasteiger charge is 2.37. The van der Waals surface area contributed by atoms with Gasteiger partial charge in [-0.25, -0.2) is 14.4 Å². The second kappa shape index (κ2) is 11.9. The SMILES string of the molecule is CCc1c(F)c2c(C)nc(Nc3ccc(NCCNC4CCNCC4)cc3)nc2n1-c1ccc2c(n1)[C@@](O)(CC)CC2. The number of aryl methyl sites for hydroxylation is 2. The Kier molecular flexibility index (Phi) is 8.11. The third kappa shape index (κ3) is 5.46. The van der Waals surface area contributed by atoms with E-state index in [-0.39, 0.29) is 5.82 Å². The summed E-state index contributed by atoms with van der Waals surface area (Å²) in [6.45, 7) is 9.64. The maximum absolute atomic E-state index is 15.8. The van der Waals surface area contributed by atoms with Crippen molar-refractivity contribution < 1.29 is 9.50 Å². The number of hydrogen-bond acceptors (Lipinski definition) is 8. The normalized spacial score (nSPS) is 18.9. The van der Waals surface area contributed by atoms with Crippen LogP contribution in [0.3, 0.4) is 0 Å². The Hall–Kier alpha value is -3.60. The molecular formula is C32H41FN8O. The zero-order valence-electron chi connectivity index (χ0n) is 24.7. The van der Waals surface area contributed by atoms with Gasteiger partial charge < -0.3 is 26.4 Å². The summed E-state index contributed by atoms with van der Waals surface area (Å²) < 4.78 is 17.5. The molecule has 0 spiro atoms. The molecule has 0 radical (unpaired) electrons. The van der Waals surface area contributed by atoms with E-state index in [4.69, 9.17) is 9.97 Å². The number of hydrogen-bond donors (Lipinski definition) is 5. The van der Waals surface area contributed by atoms with E-state index < -0.39 is 5.60 Å². The van der Waals surface area contributed by atoms with Gasteiger partial charge in [0.25, 0.3) is 0 Å². The lowest BCUT2D eigenvalue weighted by Gasteiger charge is -2.23. The molecule has 6 rings (SSSR count). The Balaban J connectivity index is 1.23. The summed E-state index contributed by atoms with van der Waals surface area (Å²) in [6, 6.07) is 12.5. The molecule has 42 heavy (non-hydrogen) atoms. The van der Waals surface area contributed by atoms with Crippen LogP contribution in [0.4, 0.5) is 21.7 Å². The van der Waals surface area contributed by atoms with Gasteiger partial charge in [-0.1, -0.05) is 19.9 Å². The number of fused-ring (bicyclic) bond motifs is 2. The third-order valence-electron chi connectivity index (χ3n) is 8.75. The smallest absolute Gasteiger partial charge is 0.229 e. The van der Waals surface area contributed by atoms with Crippen LogP contribution < -0.4 is 21.3 Å². The van der Waals surface area contributed by atoms with Gasteiger partial charge >= 0.3 is 0 Å². The topological polar surface area (TPSA) is 112 Å². The maximum Gasteiger partial charge on any atom is 0.229 e. The van der Waals surface area contributed by atoms with Crippen LogP contribution in [0.25, 0.3) is 16.9 Å². The van der Waals surface area contributed by atoms with Crippen LogP contribution in [0.15, 0.2) is 36.4 Å². The van der Waals surface area contributed by atoms with E-state index in [1.54, 1.807) is 11.5 Å². The van der Waals surface area contributed by atoms with E-state index in [1.807, 2.05) is 50.2 Å². The zero-order chi connectivity index (χ0) is 29.3. The van der Waals surface area contributed by atoms with Gasteiger partial charge in [-0.05, 0) is 94.4 Å². The van der Waals surface area contributed by atoms with Crippen molar-refractivity contribution in [3.05, 3.63) is 64.9 Å². The fourth-order valence-corrected chi connectivity index (χ4v) is 6.28. The largest absolute Gasteiger partial charge is 0.384 e. The van der Waals surface area contributed by atoms with Crippen LogP contribution in [0.5, 0.6) is 0 Å². The number of benzene rings is 1. The van der Waals surface area contributed by atoms with Crippen molar-refractivity contribution >= 4 is 28.4 Å². The predicted molar refractivity (Wildman–Crippen MR) is 165 cm³/mol. The van der Waals surface area contributed by atoms with Crippen molar-refractivity contribution in [1.29, 1.82) is 0 Å². The number of nitrogens with one attached hydrogen (secondary N) is 4. The van der Waals surface area contributed by atoms with E-state index in [2.05, 4.69) is 26.3 Å². The van der Waals surface area contributed by atoms with Crippen molar-refractivity contribution in [2.75, 3.05) is 36.8 Å². The Morgan fingerprint density at radius 2 is 1.79 bits per heavy atom. The molecule has 4 aromatic rings. The standard InChI is InChI=1S/C32H41FN8O/c1-4-25-28(33)27-20(3)37-31(38-24-9-7-22(8-10-24)35-18-19-36-23-13-16-34-17-14-23)40-30(27)41(25)26-11-6-21-12-15-32(42,5-2)29(21)39-26/h6-11,23,34-36,42H,4-5,12-19H2,1-3H3,(H,37,38,40)/t32-/m1/s1. The molecule has 222 valence electrons.